The lowest BCUT2D eigenvalue weighted by atomic mass is 10.1. The van der Waals surface area contributed by atoms with Crippen LogP contribution in [-0.4, -0.2) is 21.0 Å². The second-order valence-electron chi connectivity index (χ2n) is 3.63. The molecule has 0 saturated carbocycles. The summed E-state index contributed by atoms with van der Waals surface area (Å²) in [6.07, 6.45) is 2.09. The van der Waals surface area contributed by atoms with Crippen LogP contribution in [-0.2, 0) is 11.2 Å². The van der Waals surface area contributed by atoms with Crippen molar-refractivity contribution in [1.82, 2.24) is 9.97 Å². The van der Waals surface area contributed by atoms with Gasteiger partial charge in [0.05, 0.1) is 18.4 Å². The van der Waals surface area contributed by atoms with Crippen LogP contribution in [0.15, 0.2) is 30.6 Å². The monoisotopic (exact) mass is 250 g/mol. The van der Waals surface area contributed by atoms with Gasteiger partial charge in [0.25, 0.3) is 0 Å². The van der Waals surface area contributed by atoms with Crippen LogP contribution >= 0.6 is 11.6 Å². The van der Waals surface area contributed by atoms with Gasteiger partial charge in [0.2, 0.25) is 0 Å². The number of carboxylic acid groups (broad SMARTS) is 1. The fourth-order valence-corrected chi connectivity index (χ4v) is 1.73. The molecule has 17 heavy (non-hydrogen) atoms. The van der Waals surface area contributed by atoms with E-state index in [-0.39, 0.29) is 6.42 Å². The number of halogens is 1. The molecule has 0 aliphatic heterocycles. The molecule has 0 radical (unpaired) electrons. The summed E-state index contributed by atoms with van der Waals surface area (Å²) in [5.74, 6) is -0.818. The molecule has 0 spiro atoms. The van der Waals surface area contributed by atoms with Crippen molar-refractivity contribution < 1.29 is 9.90 Å². The first-order valence-corrected chi connectivity index (χ1v) is 5.54. The molecule has 2 rings (SSSR count). The van der Waals surface area contributed by atoms with Gasteiger partial charge in [-0.15, -0.1) is 0 Å². The van der Waals surface area contributed by atoms with Crippen LogP contribution in [0.1, 0.15) is 12.1 Å². The van der Waals surface area contributed by atoms with Gasteiger partial charge in [0.1, 0.15) is 0 Å². The van der Waals surface area contributed by atoms with Gasteiger partial charge in [-0.1, -0.05) is 23.7 Å². The lowest BCUT2D eigenvalue weighted by molar-refractivity contribution is -0.136. The number of hydrogen-bond acceptors (Lipinski definition) is 2. The third-order valence-electron chi connectivity index (χ3n) is 2.42. The number of imidazole rings is 1. The molecule has 0 fully saturated rings. The summed E-state index contributed by atoms with van der Waals surface area (Å²) in [5.41, 5.74) is 2.54. The fourth-order valence-electron chi connectivity index (χ4n) is 1.60. The van der Waals surface area contributed by atoms with E-state index in [1.165, 1.54) is 0 Å². The van der Waals surface area contributed by atoms with Crippen molar-refractivity contribution in [2.45, 2.75) is 12.8 Å². The fraction of sp³-hybridized carbons (Fsp3) is 0.167. The number of hydrogen-bond donors (Lipinski definition) is 2. The molecule has 0 unspecified atom stereocenters. The molecule has 2 N–H and O–H groups in total. The SMILES string of the molecule is O=C(O)CCc1[nH]cnc1-c1ccc(Cl)cc1. The standard InChI is InChI=1S/C12H11ClN2O2/c13-9-3-1-8(2-4-9)12-10(14-7-15-12)5-6-11(16)17/h1-4,7H,5-6H2,(H,14,15)(H,16,17). The van der Waals surface area contributed by atoms with Gasteiger partial charge in [0, 0.05) is 22.7 Å². The Labute approximate surface area is 103 Å². The number of H-pyrrole nitrogens is 1. The van der Waals surface area contributed by atoms with Crippen LogP contribution in [0.25, 0.3) is 11.3 Å². The minimum Gasteiger partial charge on any atom is -0.481 e. The third kappa shape index (κ3) is 2.85. The van der Waals surface area contributed by atoms with Crippen molar-refractivity contribution in [3.8, 4) is 11.3 Å². The third-order valence-corrected chi connectivity index (χ3v) is 2.68. The van der Waals surface area contributed by atoms with Gasteiger partial charge in [0.15, 0.2) is 0 Å². The van der Waals surface area contributed by atoms with Crippen molar-refractivity contribution in [2.75, 3.05) is 0 Å². The minimum absolute atomic E-state index is 0.0861. The van der Waals surface area contributed by atoms with E-state index in [9.17, 15) is 4.79 Å². The molecule has 1 heterocycles. The molecule has 0 atom stereocenters. The molecule has 0 aliphatic carbocycles. The second-order valence-corrected chi connectivity index (χ2v) is 4.07. The Balaban J connectivity index is 2.24. The zero-order chi connectivity index (χ0) is 12.3. The summed E-state index contributed by atoms with van der Waals surface area (Å²) in [4.78, 5) is 17.7. The summed E-state index contributed by atoms with van der Waals surface area (Å²) in [6.45, 7) is 0. The highest BCUT2D eigenvalue weighted by Gasteiger charge is 2.09. The number of benzene rings is 1. The van der Waals surface area contributed by atoms with E-state index in [1.807, 2.05) is 12.1 Å². The van der Waals surface area contributed by atoms with Crippen molar-refractivity contribution in [3.63, 3.8) is 0 Å². The maximum absolute atomic E-state index is 10.5. The minimum atomic E-state index is -0.818. The molecule has 4 nitrogen and oxygen atoms in total. The highest BCUT2D eigenvalue weighted by atomic mass is 35.5. The average molecular weight is 251 g/mol. The van der Waals surface area contributed by atoms with E-state index in [0.29, 0.717) is 11.4 Å². The predicted octanol–water partition coefficient (Wildman–Crippen LogP) is 2.75. The molecular weight excluding hydrogens is 240 g/mol. The van der Waals surface area contributed by atoms with Crippen LogP contribution in [0.5, 0.6) is 0 Å². The summed E-state index contributed by atoms with van der Waals surface area (Å²) < 4.78 is 0. The van der Waals surface area contributed by atoms with Crippen LogP contribution in [0.2, 0.25) is 5.02 Å². The van der Waals surface area contributed by atoms with E-state index in [4.69, 9.17) is 16.7 Å². The highest BCUT2D eigenvalue weighted by molar-refractivity contribution is 6.30. The Morgan fingerprint density at radius 1 is 1.35 bits per heavy atom. The summed E-state index contributed by atoms with van der Waals surface area (Å²) in [7, 11) is 0. The maximum Gasteiger partial charge on any atom is 0.303 e. The van der Waals surface area contributed by atoms with E-state index < -0.39 is 5.97 Å². The van der Waals surface area contributed by atoms with Crippen molar-refractivity contribution in [3.05, 3.63) is 41.3 Å². The first kappa shape index (κ1) is 11.7. The smallest absolute Gasteiger partial charge is 0.303 e. The number of nitrogens with zero attached hydrogens (tertiary/aromatic N) is 1. The first-order valence-electron chi connectivity index (χ1n) is 5.17. The van der Waals surface area contributed by atoms with Gasteiger partial charge in [-0.3, -0.25) is 4.79 Å². The first-order chi connectivity index (χ1) is 8.16. The Morgan fingerprint density at radius 3 is 2.71 bits per heavy atom. The van der Waals surface area contributed by atoms with Gasteiger partial charge >= 0.3 is 5.97 Å². The number of aliphatic carboxylic acids is 1. The largest absolute Gasteiger partial charge is 0.481 e. The van der Waals surface area contributed by atoms with Gasteiger partial charge < -0.3 is 10.1 Å². The molecule has 2 aromatic rings. The van der Waals surface area contributed by atoms with E-state index in [2.05, 4.69) is 9.97 Å². The lowest BCUT2D eigenvalue weighted by Crippen LogP contribution is -1.98. The van der Waals surface area contributed by atoms with Gasteiger partial charge in [-0.25, -0.2) is 4.98 Å². The molecule has 0 saturated heterocycles. The van der Waals surface area contributed by atoms with Gasteiger partial charge in [-0.2, -0.15) is 0 Å². The highest BCUT2D eigenvalue weighted by Crippen LogP contribution is 2.23. The molecule has 1 aromatic carbocycles. The zero-order valence-corrected chi connectivity index (χ0v) is 9.74. The number of rotatable bonds is 4. The van der Waals surface area contributed by atoms with Crippen molar-refractivity contribution >= 4 is 17.6 Å². The number of nitrogens with one attached hydrogen (secondary N) is 1. The molecule has 0 amide bonds. The van der Waals surface area contributed by atoms with E-state index in [0.717, 1.165) is 17.0 Å². The number of aromatic amines is 1. The van der Waals surface area contributed by atoms with Crippen LogP contribution in [0, 0.1) is 0 Å². The second kappa shape index (κ2) is 5.01. The van der Waals surface area contributed by atoms with Crippen LogP contribution < -0.4 is 0 Å². The molecule has 1 aromatic heterocycles. The zero-order valence-electron chi connectivity index (χ0n) is 8.98. The maximum atomic E-state index is 10.5. The van der Waals surface area contributed by atoms with Crippen molar-refractivity contribution in [2.24, 2.45) is 0 Å². The molecular formula is C12H11ClN2O2. The Hall–Kier alpha value is -1.81. The number of aryl methyl sites for hydroxylation is 1. The van der Waals surface area contributed by atoms with Gasteiger partial charge in [-0.05, 0) is 12.1 Å². The van der Waals surface area contributed by atoms with E-state index >= 15 is 0 Å². The number of carboxylic acids is 1. The number of carbonyl (C=O) groups is 1. The summed E-state index contributed by atoms with van der Waals surface area (Å²) in [6, 6.07) is 7.30. The van der Waals surface area contributed by atoms with Crippen LogP contribution in [0.4, 0.5) is 0 Å². The molecule has 0 bridgehead atoms. The topological polar surface area (TPSA) is 66.0 Å². The normalized spacial score (nSPS) is 10.4. The predicted molar refractivity (Wildman–Crippen MR) is 65.0 cm³/mol. The Kier molecular flexibility index (Phi) is 3.44. The molecule has 5 heteroatoms. The number of aromatic nitrogens is 2. The summed E-state index contributed by atoms with van der Waals surface area (Å²) in [5, 5.41) is 9.32. The Bertz CT molecular complexity index is 520. The van der Waals surface area contributed by atoms with Crippen molar-refractivity contribution in [1.29, 1.82) is 0 Å². The molecule has 0 aliphatic rings. The quantitative estimate of drug-likeness (QED) is 0.877. The van der Waals surface area contributed by atoms with Crippen LogP contribution in [0.3, 0.4) is 0 Å². The summed E-state index contributed by atoms with van der Waals surface area (Å²) >= 11 is 5.81. The average Bonchev–Trinajstić information content (AvgIpc) is 2.75. The molecule has 88 valence electrons. The van der Waals surface area contributed by atoms with E-state index in [1.54, 1.807) is 18.5 Å². The lowest BCUT2D eigenvalue weighted by Gasteiger charge is -2.01. The Morgan fingerprint density at radius 2 is 2.06 bits per heavy atom.